The second kappa shape index (κ2) is 8.95. The van der Waals surface area contributed by atoms with Crippen LogP contribution in [0, 0.1) is 0 Å². The highest BCUT2D eigenvalue weighted by atomic mass is 32.2. The molecule has 2 aromatic rings. The Hall–Kier alpha value is -3.24. The Morgan fingerprint density at radius 3 is 2.30 bits per heavy atom. The molecule has 0 bridgehead atoms. The minimum Gasteiger partial charge on any atom is -0.318 e. The number of carbonyl (C=O) groups is 3. The Kier molecular flexibility index (Phi) is 6.22. The number of hydrazine groups is 1. The molecule has 1 unspecified atom stereocenters. The lowest BCUT2D eigenvalue weighted by molar-refractivity contribution is -0.132. The summed E-state index contributed by atoms with van der Waals surface area (Å²) in [6.07, 6.45) is 3.57. The Bertz CT molecular complexity index is 1180. The molecule has 2 aromatic carbocycles. The molecule has 0 aromatic heterocycles. The smallest absolute Gasteiger partial charge is 0.318 e. The molecule has 2 aliphatic heterocycles. The minimum atomic E-state index is -3.75. The molecular formula is C23H26N4O5S. The molecule has 2 fully saturated rings. The minimum absolute atomic E-state index is 0.00312. The van der Waals surface area contributed by atoms with Crippen molar-refractivity contribution < 1.29 is 22.8 Å². The number of rotatable bonds is 5. The maximum atomic E-state index is 13.1. The van der Waals surface area contributed by atoms with E-state index in [1.807, 2.05) is 0 Å². The van der Waals surface area contributed by atoms with Crippen LogP contribution in [-0.2, 0) is 20.4 Å². The fourth-order valence-electron chi connectivity index (χ4n) is 4.10. The molecule has 0 aliphatic carbocycles. The van der Waals surface area contributed by atoms with Crippen LogP contribution in [0.5, 0.6) is 0 Å². The Morgan fingerprint density at radius 2 is 1.64 bits per heavy atom. The fourth-order valence-corrected chi connectivity index (χ4v) is 5.67. The summed E-state index contributed by atoms with van der Waals surface area (Å²) in [6, 6.07) is 13.6. The van der Waals surface area contributed by atoms with Gasteiger partial charge in [-0.05, 0) is 43.5 Å². The molecule has 33 heavy (non-hydrogen) atoms. The molecule has 2 N–H and O–H groups in total. The van der Waals surface area contributed by atoms with Crippen molar-refractivity contribution in [2.45, 2.75) is 43.0 Å². The monoisotopic (exact) mass is 470 g/mol. The second-order valence-corrected chi connectivity index (χ2v) is 10.3. The van der Waals surface area contributed by atoms with Gasteiger partial charge < -0.3 is 5.32 Å². The number of urea groups is 1. The van der Waals surface area contributed by atoms with Crippen LogP contribution in [0.2, 0.25) is 0 Å². The zero-order chi connectivity index (χ0) is 23.6. The maximum absolute atomic E-state index is 13.1. The molecule has 4 amide bonds. The van der Waals surface area contributed by atoms with E-state index in [1.165, 1.54) is 28.6 Å². The van der Waals surface area contributed by atoms with Crippen LogP contribution in [-0.4, -0.2) is 48.7 Å². The SMILES string of the molecule is CC1(c2ccccc2)NC(=O)N(NC(=O)c2cccc(S(=O)(=O)N3CCCCCC3)c2)C1=O. The second-order valence-electron chi connectivity index (χ2n) is 8.35. The first kappa shape index (κ1) is 22.9. The highest BCUT2D eigenvalue weighted by Crippen LogP contribution is 2.28. The predicted octanol–water partition coefficient (Wildman–Crippen LogP) is 2.36. The molecule has 174 valence electrons. The number of sulfonamides is 1. The normalized spacial score (nSPS) is 22.0. The van der Waals surface area contributed by atoms with Crippen molar-refractivity contribution in [3.05, 3.63) is 65.7 Å². The fraction of sp³-hybridized carbons (Fsp3) is 0.348. The van der Waals surface area contributed by atoms with E-state index in [2.05, 4.69) is 10.7 Å². The van der Waals surface area contributed by atoms with E-state index in [0.717, 1.165) is 25.7 Å². The van der Waals surface area contributed by atoms with E-state index in [4.69, 9.17) is 0 Å². The van der Waals surface area contributed by atoms with Crippen LogP contribution >= 0.6 is 0 Å². The molecule has 0 saturated carbocycles. The maximum Gasteiger partial charge on any atom is 0.344 e. The largest absolute Gasteiger partial charge is 0.344 e. The van der Waals surface area contributed by atoms with Gasteiger partial charge in [-0.1, -0.05) is 49.2 Å². The zero-order valence-corrected chi connectivity index (χ0v) is 19.1. The van der Waals surface area contributed by atoms with E-state index in [1.54, 1.807) is 37.3 Å². The first-order chi connectivity index (χ1) is 15.7. The van der Waals surface area contributed by atoms with Gasteiger partial charge in [-0.15, -0.1) is 0 Å². The summed E-state index contributed by atoms with van der Waals surface area (Å²) in [7, 11) is -3.75. The number of carbonyl (C=O) groups excluding carboxylic acids is 3. The molecule has 10 heteroatoms. The average molecular weight is 471 g/mol. The Labute approximate surface area is 192 Å². The number of amides is 4. The number of nitrogens with one attached hydrogen (secondary N) is 2. The summed E-state index contributed by atoms with van der Waals surface area (Å²) in [5, 5.41) is 3.24. The van der Waals surface area contributed by atoms with Gasteiger partial charge in [0.1, 0.15) is 5.54 Å². The van der Waals surface area contributed by atoms with Crippen molar-refractivity contribution in [1.29, 1.82) is 0 Å². The number of benzene rings is 2. The molecule has 0 spiro atoms. The number of imide groups is 1. The third-order valence-corrected chi connectivity index (χ3v) is 7.95. The average Bonchev–Trinajstić information content (AvgIpc) is 3.02. The topological polar surface area (TPSA) is 116 Å². The third-order valence-electron chi connectivity index (χ3n) is 6.05. The lowest BCUT2D eigenvalue weighted by Crippen LogP contribution is -2.48. The van der Waals surface area contributed by atoms with Crippen LogP contribution in [0.4, 0.5) is 4.79 Å². The van der Waals surface area contributed by atoms with Crippen LogP contribution in [0.25, 0.3) is 0 Å². The summed E-state index contributed by atoms with van der Waals surface area (Å²) in [6.45, 7) is 2.45. The van der Waals surface area contributed by atoms with Crippen LogP contribution < -0.4 is 10.7 Å². The summed E-state index contributed by atoms with van der Waals surface area (Å²) in [5.74, 6) is -1.40. The van der Waals surface area contributed by atoms with E-state index >= 15 is 0 Å². The van der Waals surface area contributed by atoms with Gasteiger partial charge in [0, 0.05) is 18.7 Å². The van der Waals surface area contributed by atoms with Crippen molar-refractivity contribution in [3.8, 4) is 0 Å². The first-order valence-corrected chi connectivity index (χ1v) is 12.3. The summed E-state index contributed by atoms with van der Waals surface area (Å²) >= 11 is 0. The van der Waals surface area contributed by atoms with Gasteiger partial charge in [0.15, 0.2) is 0 Å². The van der Waals surface area contributed by atoms with Crippen molar-refractivity contribution in [1.82, 2.24) is 20.1 Å². The molecule has 9 nitrogen and oxygen atoms in total. The predicted molar refractivity (Wildman–Crippen MR) is 120 cm³/mol. The third kappa shape index (κ3) is 4.36. The first-order valence-electron chi connectivity index (χ1n) is 10.9. The molecule has 1 atom stereocenters. The van der Waals surface area contributed by atoms with E-state index < -0.39 is 33.4 Å². The van der Waals surface area contributed by atoms with Gasteiger partial charge in [-0.25, -0.2) is 13.2 Å². The van der Waals surface area contributed by atoms with Crippen LogP contribution in [0.3, 0.4) is 0 Å². The molecule has 2 heterocycles. The van der Waals surface area contributed by atoms with Crippen LogP contribution in [0.15, 0.2) is 59.5 Å². The Morgan fingerprint density at radius 1 is 0.970 bits per heavy atom. The van der Waals surface area contributed by atoms with Crippen molar-refractivity contribution in [3.63, 3.8) is 0 Å². The van der Waals surface area contributed by atoms with Crippen molar-refractivity contribution >= 4 is 27.9 Å². The van der Waals surface area contributed by atoms with E-state index in [0.29, 0.717) is 23.7 Å². The summed E-state index contributed by atoms with van der Waals surface area (Å²) < 4.78 is 27.6. The van der Waals surface area contributed by atoms with Gasteiger partial charge in [0.25, 0.3) is 11.8 Å². The van der Waals surface area contributed by atoms with Crippen LogP contribution in [0.1, 0.15) is 48.5 Å². The van der Waals surface area contributed by atoms with E-state index in [-0.39, 0.29) is 10.5 Å². The highest BCUT2D eigenvalue weighted by Gasteiger charge is 2.50. The molecule has 0 radical (unpaired) electrons. The number of nitrogens with zero attached hydrogens (tertiary/aromatic N) is 2. The van der Waals surface area contributed by atoms with Crippen molar-refractivity contribution in [2.75, 3.05) is 13.1 Å². The van der Waals surface area contributed by atoms with Gasteiger partial charge in [-0.3, -0.25) is 15.0 Å². The summed E-state index contributed by atoms with van der Waals surface area (Å²) in [4.78, 5) is 38.3. The van der Waals surface area contributed by atoms with Gasteiger partial charge in [-0.2, -0.15) is 9.31 Å². The number of hydrogen-bond acceptors (Lipinski definition) is 5. The molecule has 4 rings (SSSR count). The lowest BCUT2D eigenvalue weighted by Gasteiger charge is -2.22. The van der Waals surface area contributed by atoms with Crippen molar-refractivity contribution in [2.24, 2.45) is 0 Å². The molecule has 2 aliphatic rings. The quantitative estimate of drug-likeness (QED) is 0.651. The standard InChI is InChI=1S/C23H26N4O5S/c1-23(18-11-5-4-6-12-18)21(29)27(22(30)24-23)25-20(28)17-10-9-13-19(16-17)33(31,32)26-14-7-2-3-8-15-26/h4-6,9-13,16H,2-3,7-8,14-15H2,1H3,(H,24,30)(H,25,28). The molecule has 2 saturated heterocycles. The van der Waals surface area contributed by atoms with Gasteiger partial charge >= 0.3 is 6.03 Å². The number of hydrogen-bond donors (Lipinski definition) is 2. The van der Waals surface area contributed by atoms with Gasteiger partial charge in [0.2, 0.25) is 10.0 Å². The molecular weight excluding hydrogens is 444 g/mol. The van der Waals surface area contributed by atoms with Gasteiger partial charge in [0.05, 0.1) is 4.90 Å². The highest BCUT2D eigenvalue weighted by molar-refractivity contribution is 7.89. The zero-order valence-electron chi connectivity index (χ0n) is 18.3. The summed E-state index contributed by atoms with van der Waals surface area (Å²) in [5.41, 5.74) is 1.58. The Balaban J connectivity index is 1.54. The lowest BCUT2D eigenvalue weighted by atomic mass is 9.92. The van der Waals surface area contributed by atoms with E-state index in [9.17, 15) is 22.8 Å².